The van der Waals surface area contributed by atoms with Crippen LogP contribution in [0.5, 0.6) is 11.5 Å². The maximum absolute atomic E-state index is 13.3. The van der Waals surface area contributed by atoms with E-state index in [0.717, 1.165) is 4.31 Å². The number of carbonyl (C=O) groups excluding carboxylic acids is 1. The maximum Gasteiger partial charge on any atom is 0.247 e. The van der Waals surface area contributed by atoms with E-state index < -0.39 is 15.9 Å². The molecule has 0 saturated heterocycles. The van der Waals surface area contributed by atoms with E-state index in [1.165, 1.54) is 32.6 Å². The monoisotopic (exact) mass is 396 g/mol. The first-order valence-corrected chi connectivity index (χ1v) is 9.76. The zero-order chi connectivity index (χ0) is 20.0. The lowest BCUT2D eigenvalue weighted by Crippen LogP contribution is -2.42. The summed E-state index contributed by atoms with van der Waals surface area (Å²) in [4.78, 5) is 12.2. The highest BCUT2D eigenvalue weighted by atomic mass is 32.2. The van der Waals surface area contributed by atoms with Gasteiger partial charge in [-0.25, -0.2) is 8.42 Å². The third-order valence-corrected chi connectivity index (χ3v) is 5.48. The molecular formula is C18H24N2O6S. The Hall–Kier alpha value is -2.52. The number of hydrogen-bond acceptors (Lipinski definition) is 6. The van der Waals surface area contributed by atoms with E-state index in [1.54, 1.807) is 32.0 Å². The first-order valence-electron chi connectivity index (χ1n) is 8.32. The zero-order valence-electron chi connectivity index (χ0n) is 15.8. The summed E-state index contributed by atoms with van der Waals surface area (Å²) in [5.74, 6) is 0.517. The minimum Gasteiger partial charge on any atom is -0.497 e. The highest BCUT2D eigenvalue weighted by Crippen LogP contribution is 2.31. The molecule has 1 N–H and O–H groups in total. The molecule has 148 valence electrons. The third kappa shape index (κ3) is 5.24. The first-order chi connectivity index (χ1) is 12.8. The van der Waals surface area contributed by atoms with Crippen LogP contribution in [0, 0.1) is 0 Å². The van der Waals surface area contributed by atoms with E-state index in [-0.39, 0.29) is 29.8 Å². The predicted octanol–water partition coefficient (Wildman–Crippen LogP) is 2.01. The second-order valence-electron chi connectivity index (χ2n) is 6.09. The van der Waals surface area contributed by atoms with Gasteiger partial charge in [0.1, 0.15) is 22.2 Å². The topological polar surface area (TPSA) is 98.1 Å². The van der Waals surface area contributed by atoms with E-state index in [9.17, 15) is 13.2 Å². The molecule has 27 heavy (non-hydrogen) atoms. The molecule has 1 aromatic carbocycles. The molecule has 0 aliphatic heterocycles. The summed E-state index contributed by atoms with van der Waals surface area (Å²) in [5, 5.41) is 2.70. The number of benzene rings is 1. The number of sulfonamides is 1. The average molecular weight is 396 g/mol. The lowest BCUT2D eigenvalue weighted by atomic mass is 10.3. The number of furan rings is 1. The molecule has 2 aromatic rings. The molecule has 8 nitrogen and oxygen atoms in total. The summed E-state index contributed by atoms with van der Waals surface area (Å²) in [6.07, 6.45) is 1.44. The fourth-order valence-corrected chi connectivity index (χ4v) is 3.99. The maximum atomic E-state index is 13.3. The SMILES string of the molecule is COc1ccc(OC)c(S(=O)(=O)N(CC(=O)NC(C)C)Cc2ccco2)c1. The standard InChI is InChI=1S/C18H24N2O6S/c1-13(2)19-18(21)12-20(11-15-6-5-9-26-15)27(22,23)17-10-14(24-3)7-8-16(17)25-4/h5-10,13H,11-12H2,1-4H3,(H,19,21). The molecule has 0 saturated carbocycles. The minimum absolute atomic E-state index is 0.0896. The third-order valence-electron chi connectivity index (χ3n) is 3.67. The van der Waals surface area contributed by atoms with Gasteiger partial charge in [0.05, 0.1) is 33.6 Å². The number of nitrogens with one attached hydrogen (secondary N) is 1. The number of carbonyl (C=O) groups is 1. The van der Waals surface area contributed by atoms with Crippen molar-refractivity contribution in [1.82, 2.24) is 9.62 Å². The molecule has 1 heterocycles. The van der Waals surface area contributed by atoms with Crippen molar-refractivity contribution in [3.8, 4) is 11.5 Å². The number of amides is 1. The van der Waals surface area contributed by atoms with Crippen LogP contribution in [0.3, 0.4) is 0 Å². The fourth-order valence-electron chi connectivity index (χ4n) is 2.45. The lowest BCUT2D eigenvalue weighted by Gasteiger charge is -2.23. The summed E-state index contributed by atoms with van der Waals surface area (Å²) in [6, 6.07) is 7.65. The van der Waals surface area contributed by atoms with Crippen molar-refractivity contribution in [3.05, 3.63) is 42.4 Å². The Kier molecular flexibility index (Phi) is 6.86. The van der Waals surface area contributed by atoms with Crippen molar-refractivity contribution < 1.29 is 27.1 Å². The average Bonchev–Trinajstić information content (AvgIpc) is 3.13. The van der Waals surface area contributed by atoms with Gasteiger partial charge in [-0.3, -0.25) is 4.79 Å². The van der Waals surface area contributed by atoms with Crippen LogP contribution in [0.25, 0.3) is 0 Å². The van der Waals surface area contributed by atoms with Crippen LogP contribution in [0.4, 0.5) is 0 Å². The molecular weight excluding hydrogens is 372 g/mol. The van der Waals surface area contributed by atoms with Crippen LogP contribution in [0.1, 0.15) is 19.6 Å². The van der Waals surface area contributed by atoms with Crippen molar-refractivity contribution >= 4 is 15.9 Å². The predicted molar refractivity (Wildman–Crippen MR) is 99.1 cm³/mol. The molecule has 0 fully saturated rings. The van der Waals surface area contributed by atoms with Crippen molar-refractivity contribution in [1.29, 1.82) is 0 Å². The number of ether oxygens (including phenoxy) is 2. The van der Waals surface area contributed by atoms with Crippen LogP contribution in [-0.2, 0) is 21.4 Å². The lowest BCUT2D eigenvalue weighted by molar-refractivity contribution is -0.121. The van der Waals surface area contributed by atoms with Crippen LogP contribution < -0.4 is 14.8 Å². The van der Waals surface area contributed by atoms with Gasteiger partial charge >= 0.3 is 0 Å². The normalized spacial score (nSPS) is 11.6. The first kappa shape index (κ1) is 20.8. The van der Waals surface area contributed by atoms with Gasteiger partial charge in [0.15, 0.2) is 0 Å². The van der Waals surface area contributed by atoms with E-state index in [1.807, 2.05) is 0 Å². The quantitative estimate of drug-likeness (QED) is 0.696. The molecule has 1 amide bonds. The van der Waals surface area contributed by atoms with E-state index >= 15 is 0 Å². The summed E-state index contributed by atoms with van der Waals surface area (Å²) in [5.41, 5.74) is 0. The van der Waals surface area contributed by atoms with Crippen LogP contribution in [-0.4, -0.2) is 45.4 Å². The summed E-state index contributed by atoms with van der Waals surface area (Å²) < 4.78 is 43.2. The molecule has 1 aromatic heterocycles. The van der Waals surface area contributed by atoms with E-state index in [0.29, 0.717) is 11.5 Å². The van der Waals surface area contributed by atoms with Gasteiger partial charge in [-0.2, -0.15) is 4.31 Å². The number of methoxy groups -OCH3 is 2. The van der Waals surface area contributed by atoms with Gasteiger partial charge in [0.25, 0.3) is 0 Å². The van der Waals surface area contributed by atoms with Gasteiger partial charge in [-0.1, -0.05) is 0 Å². The Bertz CT molecular complexity index is 862. The van der Waals surface area contributed by atoms with Crippen molar-refractivity contribution in [2.75, 3.05) is 20.8 Å². The molecule has 9 heteroatoms. The number of rotatable bonds is 9. The van der Waals surface area contributed by atoms with Gasteiger partial charge < -0.3 is 19.2 Å². The molecule has 0 spiro atoms. The molecule has 0 aliphatic rings. The zero-order valence-corrected chi connectivity index (χ0v) is 16.6. The van der Waals surface area contributed by atoms with Crippen LogP contribution in [0.2, 0.25) is 0 Å². The highest BCUT2D eigenvalue weighted by Gasteiger charge is 2.31. The molecule has 2 rings (SSSR count). The largest absolute Gasteiger partial charge is 0.497 e. The van der Waals surface area contributed by atoms with E-state index in [2.05, 4.69) is 5.32 Å². The Balaban J connectivity index is 2.44. The number of hydrogen-bond donors (Lipinski definition) is 1. The van der Waals surface area contributed by atoms with Gasteiger partial charge in [-0.15, -0.1) is 0 Å². The summed E-state index contributed by atoms with van der Waals surface area (Å²) in [7, 11) is -1.26. The minimum atomic E-state index is -4.08. The molecule has 0 radical (unpaired) electrons. The molecule has 0 bridgehead atoms. The Morgan fingerprint density at radius 2 is 1.96 bits per heavy atom. The van der Waals surface area contributed by atoms with Crippen LogP contribution in [0.15, 0.2) is 45.9 Å². The summed E-state index contributed by atoms with van der Waals surface area (Å²) in [6.45, 7) is 3.14. The Labute approximate surface area is 159 Å². The number of nitrogens with zero attached hydrogens (tertiary/aromatic N) is 1. The second kappa shape index (κ2) is 8.92. The Morgan fingerprint density at radius 3 is 2.52 bits per heavy atom. The molecule has 0 aliphatic carbocycles. The van der Waals surface area contributed by atoms with Crippen molar-refractivity contribution in [2.24, 2.45) is 0 Å². The highest BCUT2D eigenvalue weighted by molar-refractivity contribution is 7.89. The van der Waals surface area contributed by atoms with Crippen LogP contribution >= 0.6 is 0 Å². The van der Waals surface area contributed by atoms with E-state index in [4.69, 9.17) is 13.9 Å². The smallest absolute Gasteiger partial charge is 0.247 e. The van der Waals surface area contributed by atoms with Crippen molar-refractivity contribution in [2.45, 2.75) is 31.3 Å². The van der Waals surface area contributed by atoms with Crippen molar-refractivity contribution in [3.63, 3.8) is 0 Å². The molecule has 0 atom stereocenters. The van der Waals surface area contributed by atoms with Gasteiger partial charge in [-0.05, 0) is 38.1 Å². The van der Waals surface area contributed by atoms with Gasteiger partial charge in [0, 0.05) is 12.1 Å². The Morgan fingerprint density at radius 1 is 1.22 bits per heavy atom. The second-order valence-corrected chi connectivity index (χ2v) is 8.00. The fraction of sp³-hybridized carbons (Fsp3) is 0.389. The van der Waals surface area contributed by atoms with Gasteiger partial charge in [0.2, 0.25) is 15.9 Å². The summed E-state index contributed by atoms with van der Waals surface area (Å²) >= 11 is 0. The molecule has 0 unspecified atom stereocenters.